The molecule has 2 aromatic heterocycles. The predicted molar refractivity (Wildman–Crippen MR) is 119 cm³/mol. The van der Waals surface area contributed by atoms with Crippen LogP contribution in [-0.4, -0.2) is 63.5 Å². The molecule has 1 fully saturated rings. The lowest BCUT2D eigenvalue weighted by Crippen LogP contribution is -2.42. The number of methoxy groups -OCH3 is 1. The van der Waals surface area contributed by atoms with E-state index in [0.29, 0.717) is 44.2 Å². The van der Waals surface area contributed by atoms with Gasteiger partial charge in [-0.1, -0.05) is 30.3 Å². The van der Waals surface area contributed by atoms with E-state index in [9.17, 15) is 4.79 Å². The van der Waals surface area contributed by atoms with Crippen molar-refractivity contribution in [2.24, 2.45) is 0 Å². The summed E-state index contributed by atoms with van der Waals surface area (Å²) in [4.78, 5) is 18.4. The maximum absolute atomic E-state index is 13.2. The van der Waals surface area contributed by atoms with Gasteiger partial charge in [-0.15, -0.1) is 5.10 Å². The fourth-order valence-corrected chi connectivity index (χ4v) is 4.14. The average molecular weight is 432 g/mol. The van der Waals surface area contributed by atoms with Gasteiger partial charge in [0, 0.05) is 29.6 Å². The first-order valence-corrected chi connectivity index (χ1v) is 10.6. The van der Waals surface area contributed by atoms with Gasteiger partial charge < -0.3 is 14.5 Å². The zero-order valence-corrected chi connectivity index (χ0v) is 17.8. The summed E-state index contributed by atoms with van der Waals surface area (Å²) in [6.07, 6.45) is 0. The first kappa shape index (κ1) is 20.3. The van der Waals surface area contributed by atoms with Crippen molar-refractivity contribution < 1.29 is 9.47 Å². The minimum absolute atomic E-state index is 0.159. The summed E-state index contributed by atoms with van der Waals surface area (Å²) in [6.45, 7) is 3.06. The average Bonchev–Trinajstić information content (AvgIpc) is 3.28. The Morgan fingerprint density at radius 1 is 1.12 bits per heavy atom. The highest BCUT2D eigenvalue weighted by Gasteiger charge is 2.31. The summed E-state index contributed by atoms with van der Waals surface area (Å²) in [6, 6.07) is 17.1. The van der Waals surface area contributed by atoms with Gasteiger partial charge in [-0.05, 0) is 40.3 Å². The van der Waals surface area contributed by atoms with E-state index in [1.165, 1.54) is 0 Å². The molecule has 1 aliphatic heterocycles. The van der Waals surface area contributed by atoms with Crippen molar-refractivity contribution in [2.75, 3.05) is 33.4 Å². The normalized spacial score (nSPS) is 15.7. The van der Waals surface area contributed by atoms with Crippen LogP contribution in [0.3, 0.4) is 0 Å². The Labute approximate surface area is 184 Å². The summed E-state index contributed by atoms with van der Waals surface area (Å²) in [7, 11) is 1.63. The maximum Gasteiger partial charge on any atom is 0.253 e. The summed E-state index contributed by atoms with van der Waals surface area (Å²) >= 11 is 0. The number of H-pyrrole nitrogens is 1. The van der Waals surface area contributed by atoms with E-state index in [-0.39, 0.29) is 5.56 Å². The molecule has 2 aromatic carbocycles. The number of fused-ring (bicyclic) bond motifs is 1. The van der Waals surface area contributed by atoms with E-state index in [4.69, 9.17) is 9.47 Å². The third-order valence-electron chi connectivity index (χ3n) is 5.76. The number of morpholine rings is 1. The topological polar surface area (TPSA) is 98.2 Å². The van der Waals surface area contributed by atoms with Crippen molar-refractivity contribution in [3.05, 3.63) is 81.9 Å². The molecule has 0 amide bonds. The number of aromatic amines is 1. The van der Waals surface area contributed by atoms with E-state index >= 15 is 0 Å². The molecule has 4 aromatic rings. The standard InChI is InChI=1S/C23H24N6O3/c1-31-18-7-8-20-17(13-18)14-19(23(30)24-20)21(28-9-11-32-12-10-28)22-25-26-27-29(22)15-16-5-3-2-4-6-16/h2-8,13-14,21H,9-12,15H2,1H3,(H,24,30)/t21-/m0/s1. The number of hydrogen-bond donors (Lipinski definition) is 1. The van der Waals surface area contributed by atoms with E-state index in [2.05, 4.69) is 25.4 Å². The van der Waals surface area contributed by atoms with E-state index in [1.54, 1.807) is 11.8 Å². The number of benzene rings is 2. The molecular formula is C23H24N6O3. The quantitative estimate of drug-likeness (QED) is 0.498. The van der Waals surface area contributed by atoms with E-state index in [0.717, 1.165) is 22.2 Å². The molecule has 1 aliphatic rings. The second-order valence-corrected chi connectivity index (χ2v) is 7.74. The molecule has 9 heteroatoms. The van der Waals surface area contributed by atoms with Gasteiger partial charge in [-0.2, -0.15) is 0 Å². The van der Waals surface area contributed by atoms with Crippen LogP contribution in [0.1, 0.15) is 23.0 Å². The largest absolute Gasteiger partial charge is 0.497 e. The van der Waals surface area contributed by atoms with Crippen LogP contribution in [0.5, 0.6) is 5.75 Å². The predicted octanol–water partition coefficient (Wildman–Crippen LogP) is 1.99. The Morgan fingerprint density at radius 2 is 1.94 bits per heavy atom. The molecule has 1 saturated heterocycles. The lowest BCUT2D eigenvalue weighted by Gasteiger charge is -2.33. The summed E-state index contributed by atoms with van der Waals surface area (Å²) < 4.78 is 12.7. The van der Waals surface area contributed by atoms with Gasteiger partial charge in [-0.3, -0.25) is 9.69 Å². The number of hydrogen-bond acceptors (Lipinski definition) is 7. The van der Waals surface area contributed by atoms with Crippen LogP contribution in [-0.2, 0) is 11.3 Å². The number of ether oxygens (including phenoxy) is 2. The second-order valence-electron chi connectivity index (χ2n) is 7.74. The van der Waals surface area contributed by atoms with Crippen molar-refractivity contribution in [1.29, 1.82) is 0 Å². The summed E-state index contributed by atoms with van der Waals surface area (Å²) in [5.74, 6) is 1.36. The van der Waals surface area contributed by atoms with E-state index < -0.39 is 6.04 Å². The Balaban J connectivity index is 1.62. The van der Waals surface area contributed by atoms with Crippen LogP contribution in [0.25, 0.3) is 10.9 Å². The zero-order valence-electron chi connectivity index (χ0n) is 17.8. The fourth-order valence-electron chi connectivity index (χ4n) is 4.14. The number of aromatic nitrogens is 5. The Bertz CT molecular complexity index is 1260. The molecule has 0 saturated carbocycles. The highest BCUT2D eigenvalue weighted by atomic mass is 16.5. The first-order chi connectivity index (χ1) is 15.7. The van der Waals surface area contributed by atoms with Gasteiger partial charge in [0.2, 0.25) is 0 Å². The Morgan fingerprint density at radius 3 is 2.72 bits per heavy atom. The molecule has 0 bridgehead atoms. The molecule has 1 atom stereocenters. The highest BCUT2D eigenvalue weighted by molar-refractivity contribution is 5.80. The van der Waals surface area contributed by atoms with Crippen LogP contribution in [0.15, 0.2) is 59.4 Å². The van der Waals surface area contributed by atoms with Crippen molar-refractivity contribution in [1.82, 2.24) is 30.1 Å². The molecule has 1 N–H and O–H groups in total. The molecule has 9 nitrogen and oxygen atoms in total. The van der Waals surface area contributed by atoms with Crippen molar-refractivity contribution in [2.45, 2.75) is 12.6 Å². The van der Waals surface area contributed by atoms with Crippen LogP contribution in [0.2, 0.25) is 0 Å². The lowest BCUT2D eigenvalue weighted by atomic mass is 10.0. The number of tetrazole rings is 1. The SMILES string of the molecule is COc1ccc2[nH]c(=O)c([C@@H](c3nnnn3Cc3ccccc3)N3CCOCC3)cc2c1. The number of nitrogens with zero attached hydrogens (tertiary/aromatic N) is 5. The maximum atomic E-state index is 13.2. The molecule has 0 spiro atoms. The summed E-state index contributed by atoms with van der Waals surface area (Å²) in [5.41, 5.74) is 2.27. The minimum atomic E-state index is -0.406. The molecule has 0 radical (unpaired) electrons. The Hall–Kier alpha value is -3.56. The van der Waals surface area contributed by atoms with Crippen LogP contribution in [0, 0.1) is 0 Å². The molecule has 0 aliphatic carbocycles. The van der Waals surface area contributed by atoms with Crippen LogP contribution in [0.4, 0.5) is 0 Å². The molecular weight excluding hydrogens is 408 g/mol. The molecule has 0 unspecified atom stereocenters. The molecule has 3 heterocycles. The first-order valence-electron chi connectivity index (χ1n) is 10.6. The van der Waals surface area contributed by atoms with Crippen molar-refractivity contribution in [3.63, 3.8) is 0 Å². The third-order valence-corrected chi connectivity index (χ3v) is 5.76. The van der Waals surface area contributed by atoms with Gasteiger partial charge in [0.1, 0.15) is 11.8 Å². The molecule has 164 valence electrons. The second kappa shape index (κ2) is 8.89. The van der Waals surface area contributed by atoms with Crippen LogP contribution < -0.4 is 10.3 Å². The number of pyridine rings is 1. The number of rotatable bonds is 6. The third kappa shape index (κ3) is 4.00. The minimum Gasteiger partial charge on any atom is -0.497 e. The molecule has 32 heavy (non-hydrogen) atoms. The van der Waals surface area contributed by atoms with Crippen LogP contribution >= 0.6 is 0 Å². The Kier molecular flexibility index (Phi) is 5.66. The van der Waals surface area contributed by atoms with Gasteiger partial charge in [0.15, 0.2) is 5.82 Å². The lowest BCUT2D eigenvalue weighted by molar-refractivity contribution is 0.0214. The highest BCUT2D eigenvalue weighted by Crippen LogP contribution is 2.28. The van der Waals surface area contributed by atoms with Crippen molar-refractivity contribution >= 4 is 10.9 Å². The van der Waals surface area contributed by atoms with Gasteiger partial charge in [0.25, 0.3) is 5.56 Å². The number of nitrogens with one attached hydrogen (secondary N) is 1. The van der Waals surface area contributed by atoms with Gasteiger partial charge in [0.05, 0.1) is 26.9 Å². The smallest absolute Gasteiger partial charge is 0.253 e. The van der Waals surface area contributed by atoms with E-state index in [1.807, 2.05) is 54.6 Å². The fraction of sp³-hybridized carbons (Fsp3) is 0.304. The van der Waals surface area contributed by atoms with Crippen molar-refractivity contribution in [3.8, 4) is 5.75 Å². The zero-order chi connectivity index (χ0) is 21.9. The van der Waals surface area contributed by atoms with Gasteiger partial charge in [-0.25, -0.2) is 4.68 Å². The van der Waals surface area contributed by atoms with Gasteiger partial charge >= 0.3 is 0 Å². The monoisotopic (exact) mass is 432 g/mol. The summed E-state index contributed by atoms with van der Waals surface area (Å²) in [5, 5.41) is 13.4. The molecule has 5 rings (SSSR count).